The van der Waals surface area contributed by atoms with Crippen LogP contribution in [0.25, 0.3) is 0 Å². The number of aryl methyl sites for hydroxylation is 1. The number of rotatable bonds is 5. The van der Waals surface area contributed by atoms with Crippen molar-refractivity contribution in [2.45, 2.75) is 40.0 Å². The summed E-state index contributed by atoms with van der Waals surface area (Å²) in [5.74, 6) is -1.01. The van der Waals surface area contributed by atoms with Crippen LogP contribution in [0.2, 0.25) is 5.02 Å². The third-order valence-electron chi connectivity index (χ3n) is 4.68. The molecule has 0 spiro atoms. The number of nitrogens with zero attached hydrogens (tertiary/aromatic N) is 4. The van der Waals surface area contributed by atoms with Crippen molar-refractivity contribution in [3.05, 3.63) is 61.9 Å². The molecule has 2 heterocycles. The average Bonchev–Trinajstić information content (AvgIpc) is 3.09. The van der Waals surface area contributed by atoms with Gasteiger partial charge >= 0.3 is 6.18 Å². The van der Waals surface area contributed by atoms with Crippen molar-refractivity contribution in [3.8, 4) is 0 Å². The second-order valence-electron chi connectivity index (χ2n) is 6.89. The van der Waals surface area contributed by atoms with Gasteiger partial charge in [0.05, 0.1) is 33.8 Å². The highest BCUT2D eigenvalue weighted by molar-refractivity contribution is 9.10. The summed E-state index contributed by atoms with van der Waals surface area (Å²) in [5, 5.41) is 10.8. The molecule has 0 radical (unpaired) electrons. The van der Waals surface area contributed by atoms with E-state index < -0.39 is 30.1 Å². The topological polar surface area (TPSA) is 64.7 Å². The molecule has 31 heavy (non-hydrogen) atoms. The number of carbonyl (C=O) groups excluding carboxylic acids is 1. The molecule has 1 aromatic carbocycles. The van der Waals surface area contributed by atoms with Crippen molar-refractivity contribution < 1.29 is 22.4 Å². The van der Waals surface area contributed by atoms with Crippen LogP contribution < -0.4 is 5.32 Å². The SMILES string of the molecule is Cc1nn(Cc2ccc(F)cc2Cl)c(C)c1NC(=O)Cn1nc(C(F)(F)F)c(Br)c1C. The van der Waals surface area contributed by atoms with Gasteiger partial charge in [-0.3, -0.25) is 14.2 Å². The summed E-state index contributed by atoms with van der Waals surface area (Å²) in [5.41, 5.74) is 1.29. The molecule has 3 rings (SSSR count). The van der Waals surface area contributed by atoms with Gasteiger partial charge in [-0.05, 0) is 54.4 Å². The first-order valence-electron chi connectivity index (χ1n) is 8.96. The largest absolute Gasteiger partial charge is 0.436 e. The first-order valence-corrected chi connectivity index (χ1v) is 10.1. The van der Waals surface area contributed by atoms with Crippen molar-refractivity contribution >= 4 is 39.1 Å². The minimum Gasteiger partial charge on any atom is -0.321 e. The van der Waals surface area contributed by atoms with Crippen LogP contribution in [-0.2, 0) is 24.1 Å². The summed E-state index contributed by atoms with van der Waals surface area (Å²) in [4.78, 5) is 12.5. The Morgan fingerprint density at radius 1 is 1.16 bits per heavy atom. The van der Waals surface area contributed by atoms with Crippen molar-refractivity contribution in [1.82, 2.24) is 19.6 Å². The molecule has 1 N–H and O–H groups in total. The predicted molar refractivity (Wildman–Crippen MR) is 111 cm³/mol. The Morgan fingerprint density at radius 2 is 1.84 bits per heavy atom. The van der Waals surface area contributed by atoms with Crippen LogP contribution in [0.4, 0.5) is 23.2 Å². The smallest absolute Gasteiger partial charge is 0.321 e. The zero-order valence-electron chi connectivity index (χ0n) is 16.6. The zero-order valence-corrected chi connectivity index (χ0v) is 19.0. The molecular weight excluding hydrogens is 506 g/mol. The number of anilines is 1. The van der Waals surface area contributed by atoms with E-state index >= 15 is 0 Å². The standard InChI is InChI=1S/C19H17BrClF4N5O/c1-9-17(11(3)29(27-9)7-12-4-5-13(22)6-14(12)21)26-15(31)8-30-10(2)16(20)18(28-30)19(23,24)25/h4-6H,7-8H2,1-3H3,(H,26,31). The van der Waals surface area contributed by atoms with E-state index in [9.17, 15) is 22.4 Å². The van der Waals surface area contributed by atoms with Gasteiger partial charge in [0, 0.05) is 5.02 Å². The molecule has 1 amide bonds. The molecule has 0 aliphatic heterocycles. The maximum absolute atomic E-state index is 13.2. The lowest BCUT2D eigenvalue weighted by atomic mass is 10.2. The van der Waals surface area contributed by atoms with Gasteiger partial charge in [0.15, 0.2) is 5.69 Å². The molecule has 0 saturated heterocycles. The van der Waals surface area contributed by atoms with E-state index in [0.29, 0.717) is 22.6 Å². The van der Waals surface area contributed by atoms with Gasteiger partial charge in [-0.25, -0.2) is 4.39 Å². The molecular formula is C19H17BrClF4N5O. The summed E-state index contributed by atoms with van der Waals surface area (Å²) in [6, 6.07) is 4.03. The first kappa shape index (κ1) is 23.3. The first-order chi connectivity index (χ1) is 14.4. The summed E-state index contributed by atoms with van der Waals surface area (Å²) < 4.78 is 54.7. The van der Waals surface area contributed by atoms with Crippen molar-refractivity contribution in [3.63, 3.8) is 0 Å². The number of hydrogen-bond acceptors (Lipinski definition) is 3. The second-order valence-corrected chi connectivity index (χ2v) is 8.09. The number of benzene rings is 1. The van der Waals surface area contributed by atoms with Crippen LogP contribution in [0.5, 0.6) is 0 Å². The molecule has 12 heteroatoms. The fourth-order valence-corrected chi connectivity index (χ4v) is 3.75. The number of carbonyl (C=O) groups is 1. The second kappa shape index (κ2) is 8.62. The summed E-state index contributed by atoms with van der Waals surface area (Å²) in [6.07, 6.45) is -4.64. The zero-order chi connectivity index (χ0) is 23.1. The minimum absolute atomic E-state index is 0.178. The molecule has 166 valence electrons. The molecule has 0 bridgehead atoms. The van der Waals surface area contributed by atoms with Gasteiger partial charge < -0.3 is 5.32 Å². The predicted octanol–water partition coefficient (Wildman–Crippen LogP) is 5.27. The van der Waals surface area contributed by atoms with Gasteiger partial charge in [-0.2, -0.15) is 23.4 Å². The van der Waals surface area contributed by atoms with E-state index in [1.807, 2.05) is 0 Å². The maximum Gasteiger partial charge on any atom is 0.436 e. The molecule has 0 aliphatic carbocycles. The lowest BCUT2D eigenvalue weighted by molar-refractivity contribution is -0.142. The van der Waals surface area contributed by atoms with E-state index in [2.05, 4.69) is 31.4 Å². The Balaban J connectivity index is 1.78. The highest BCUT2D eigenvalue weighted by Gasteiger charge is 2.38. The number of amides is 1. The van der Waals surface area contributed by atoms with Gasteiger partial charge in [-0.1, -0.05) is 17.7 Å². The van der Waals surface area contributed by atoms with E-state index in [1.54, 1.807) is 24.6 Å². The summed E-state index contributed by atoms with van der Waals surface area (Å²) in [7, 11) is 0. The molecule has 0 fully saturated rings. The van der Waals surface area contributed by atoms with Crippen molar-refractivity contribution in [1.29, 1.82) is 0 Å². The fourth-order valence-electron chi connectivity index (χ4n) is 3.02. The van der Waals surface area contributed by atoms with Crippen molar-refractivity contribution in [2.75, 3.05) is 5.32 Å². The van der Waals surface area contributed by atoms with Crippen LogP contribution in [0.3, 0.4) is 0 Å². The normalized spacial score (nSPS) is 11.8. The van der Waals surface area contributed by atoms with Gasteiger partial charge in [0.1, 0.15) is 12.4 Å². The van der Waals surface area contributed by atoms with Crippen LogP contribution in [0.15, 0.2) is 22.7 Å². The van der Waals surface area contributed by atoms with Crippen LogP contribution in [0.1, 0.15) is 28.3 Å². The number of aromatic nitrogens is 4. The minimum atomic E-state index is -4.64. The van der Waals surface area contributed by atoms with Gasteiger partial charge in [0.2, 0.25) is 5.91 Å². The van der Waals surface area contributed by atoms with E-state index in [1.165, 1.54) is 19.1 Å². The highest BCUT2D eigenvalue weighted by Crippen LogP contribution is 2.35. The van der Waals surface area contributed by atoms with Gasteiger partial charge in [0.25, 0.3) is 0 Å². The van der Waals surface area contributed by atoms with E-state index in [0.717, 1.165) is 4.68 Å². The monoisotopic (exact) mass is 521 g/mol. The Labute approximate surface area is 188 Å². The molecule has 2 aromatic heterocycles. The Bertz CT molecular complexity index is 1160. The quantitative estimate of drug-likeness (QED) is 0.465. The summed E-state index contributed by atoms with van der Waals surface area (Å²) in [6.45, 7) is 4.68. The highest BCUT2D eigenvalue weighted by atomic mass is 79.9. The molecule has 0 atom stereocenters. The molecule has 6 nitrogen and oxygen atoms in total. The van der Waals surface area contributed by atoms with E-state index in [-0.39, 0.29) is 21.7 Å². The fraction of sp³-hybridized carbons (Fsp3) is 0.316. The Morgan fingerprint density at radius 3 is 2.42 bits per heavy atom. The average molecular weight is 523 g/mol. The third-order valence-corrected chi connectivity index (χ3v) is 5.98. The van der Waals surface area contributed by atoms with Crippen LogP contribution in [0, 0.1) is 26.6 Å². The van der Waals surface area contributed by atoms with Crippen molar-refractivity contribution in [2.24, 2.45) is 0 Å². The Kier molecular flexibility index (Phi) is 6.47. The molecule has 0 unspecified atom stereocenters. The third kappa shape index (κ3) is 4.93. The maximum atomic E-state index is 13.2. The van der Waals surface area contributed by atoms with Crippen LogP contribution >= 0.6 is 27.5 Å². The summed E-state index contributed by atoms with van der Waals surface area (Å²) >= 11 is 8.95. The van der Waals surface area contributed by atoms with E-state index in [4.69, 9.17) is 11.6 Å². The number of hydrogen-bond donors (Lipinski definition) is 1. The van der Waals surface area contributed by atoms with Crippen LogP contribution in [-0.4, -0.2) is 25.5 Å². The molecule has 3 aromatic rings. The number of nitrogens with one attached hydrogen (secondary N) is 1. The Hall–Kier alpha value is -2.40. The lowest BCUT2D eigenvalue weighted by Crippen LogP contribution is -2.21. The molecule has 0 aliphatic rings. The van der Waals surface area contributed by atoms with Gasteiger partial charge in [-0.15, -0.1) is 0 Å². The number of halogens is 6. The molecule has 0 saturated carbocycles. The number of alkyl halides is 3. The lowest BCUT2D eigenvalue weighted by Gasteiger charge is -2.09.